The van der Waals surface area contributed by atoms with Gasteiger partial charge in [-0.25, -0.2) is 9.97 Å². The minimum absolute atomic E-state index is 0.115. The van der Waals surface area contributed by atoms with Gasteiger partial charge in [0, 0.05) is 12.4 Å². The fraction of sp³-hybridized carbons (Fsp3) is 0.214. The number of ether oxygens (including phenoxy) is 1. The summed E-state index contributed by atoms with van der Waals surface area (Å²) in [5.74, 6) is 0.524. The monoisotopic (exact) mass is 272 g/mol. The van der Waals surface area contributed by atoms with Gasteiger partial charge in [0.1, 0.15) is 12.4 Å². The number of anilines is 1. The molecule has 0 bridgehead atoms. The Kier molecular flexibility index (Phi) is 4.49. The number of nitrogens with one attached hydrogen (secondary N) is 1. The highest BCUT2D eigenvalue weighted by atomic mass is 16.5. The van der Waals surface area contributed by atoms with Crippen molar-refractivity contribution in [3.05, 3.63) is 47.9 Å². The third-order valence-corrected chi connectivity index (χ3v) is 2.62. The standard InChI is InChI=1S/C14H16N4O2/c1-10-2-4-11(5-3-10)20-9-8-18-14(19)12-13(15)17-7-6-16-12/h2-7H,8-9H2,1H3,(H2,15,17)(H,18,19). The summed E-state index contributed by atoms with van der Waals surface area (Å²) in [6.45, 7) is 2.74. The Labute approximate surface area is 117 Å². The average molecular weight is 272 g/mol. The summed E-state index contributed by atoms with van der Waals surface area (Å²) in [6.07, 6.45) is 2.86. The van der Waals surface area contributed by atoms with Crippen LogP contribution >= 0.6 is 0 Å². The van der Waals surface area contributed by atoms with Crippen molar-refractivity contribution >= 4 is 11.7 Å². The number of nitrogens with two attached hydrogens (primary N) is 1. The van der Waals surface area contributed by atoms with Crippen molar-refractivity contribution in [2.75, 3.05) is 18.9 Å². The van der Waals surface area contributed by atoms with E-state index in [4.69, 9.17) is 10.5 Å². The molecule has 0 radical (unpaired) electrons. The summed E-state index contributed by atoms with van der Waals surface area (Å²) in [6, 6.07) is 7.71. The Morgan fingerprint density at radius 1 is 1.25 bits per heavy atom. The number of nitrogens with zero attached hydrogens (tertiary/aromatic N) is 2. The summed E-state index contributed by atoms with van der Waals surface area (Å²) < 4.78 is 5.50. The highest BCUT2D eigenvalue weighted by molar-refractivity contribution is 5.96. The normalized spacial score (nSPS) is 10.1. The molecule has 0 aliphatic carbocycles. The van der Waals surface area contributed by atoms with Crippen molar-refractivity contribution in [1.82, 2.24) is 15.3 Å². The maximum absolute atomic E-state index is 11.8. The fourth-order valence-corrected chi connectivity index (χ4v) is 1.58. The highest BCUT2D eigenvalue weighted by Gasteiger charge is 2.10. The van der Waals surface area contributed by atoms with Crippen LogP contribution in [-0.4, -0.2) is 29.0 Å². The second-order valence-corrected chi connectivity index (χ2v) is 4.21. The first-order valence-corrected chi connectivity index (χ1v) is 6.21. The lowest BCUT2D eigenvalue weighted by atomic mass is 10.2. The van der Waals surface area contributed by atoms with Crippen molar-refractivity contribution in [2.45, 2.75) is 6.92 Å². The minimum atomic E-state index is -0.358. The maximum Gasteiger partial charge on any atom is 0.273 e. The molecule has 0 saturated heterocycles. The number of rotatable bonds is 5. The number of aromatic nitrogens is 2. The molecular weight excluding hydrogens is 256 g/mol. The van der Waals surface area contributed by atoms with Crippen molar-refractivity contribution in [1.29, 1.82) is 0 Å². The van der Waals surface area contributed by atoms with E-state index in [-0.39, 0.29) is 17.4 Å². The lowest BCUT2D eigenvalue weighted by Gasteiger charge is -2.08. The second kappa shape index (κ2) is 6.51. The van der Waals surface area contributed by atoms with Crippen LogP contribution in [0.4, 0.5) is 5.82 Å². The molecule has 0 aliphatic heterocycles. The molecule has 0 spiro atoms. The lowest BCUT2D eigenvalue weighted by molar-refractivity contribution is 0.0942. The molecule has 0 saturated carbocycles. The zero-order valence-corrected chi connectivity index (χ0v) is 11.2. The zero-order valence-electron chi connectivity index (χ0n) is 11.2. The number of hydrogen-bond acceptors (Lipinski definition) is 5. The Morgan fingerprint density at radius 3 is 2.65 bits per heavy atom. The van der Waals surface area contributed by atoms with E-state index in [1.54, 1.807) is 0 Å². The van der Waals surface area contributed by atoms with E-state index in [1.165, 1.54) is 18.0 Å². The van der Waals surface area contributed by atoms with E-state index >= 15 is 0 Å². The Balaban J connectivity index is 1.77. The molecule has 1 aromatic heterocycles. The fourth-order valence-electron chi connectivity index (χ4n) is 1.58. The molecule has 1 amide bonds. The molecule has 0 aliphatic rings. The Hall–Kier alpha value is -2.63. The molecule has 20 heavy (non-hydrogen) atoms. The van der Waals surface area contributed by atoms with E-state index in [9.17, 15) is 4.79 Å². The first-order valence-electron chi connectivity index (χ1n) is 6.21. The number of aryl methyl sites for hydroxylation is 1. The van der Waals surface area contributed by atoms with Crippen LogP contribution in [0, 0.1) is 6.92 Å². The quantitative estimate of drug-likeness (QED) is 0.797. The molecule has 3 N–H and O–H groups in total. The first-order chi connectivity index (χ1) is 9.66. The van der Waals surface area contributed by atoms with Gasteiger partial charge in [0.2, 0.25) is 0 Å². The maximum atomic E-state index is 11.8. The van der Waals surface area contributed by atoms with Crippen molar-refractivity contribution in [3.63, 3.8) is 0 Å². The summed E-state index contributed by atoms with van der Waals surface area (Å²) >= 11 is 0. The van der Waals surface area contributed by atoms with Crippen LogP contribution in [0.1, 0.15) is 16.1 Å². The largest absolute Gasteiger partial charge is 0.492 e. The number of nitrogen functional groups attached to an aromatic ring is 1. The molecule has 1 aromatic carbocycles. The van der Waals surface area contributed by atoms with E-state index in [1.807, 2.05) is 31.2 Å². The predicted molar refractivity (Wildman–Crippen MR) is 75.5 cm³/mol. The van der Waals surface area contributed by atoms with Crippen LogP contribution in [0.15, 0.2) is 36.7 Å². The molecule has 0 atom stereocenters. The van der Waals surface area contributed by atoms with E-state index in [0.29, 0.717) is 13.2 Å². The average Bonchev–Trinajstić information content (AvgIpc) is 2.46. The Bertz CT molecular complexity index is 584. The molecule has 6 nitrogen and oxygen atoms in total. The predicted octanol–water partition coefficient (Wildman–Crippen LogP) is 1.18. The van der Waals surface area contributed by atoms with Crippen LogP contribution in [0.3, 0.4) is 0 Å². The van der Waals surface area contributed by atoms with E-state index in [2.05, 4.69) is 15.3 Å². The molecule has 0 fully saturated rings. The van der Waals surface area contributed by atoms with Crippen molar-refractivity contribution < 1.29 is 9.53 Å². The minimum Gasteiger partial charge on any atom is -0.492 e. The number of amides is 1. The molecule has 2 aromatic rings. The topological polar surface area (TPSA) is 90.1 Å². The molecule has 104 valence electrons. The molecule has 1 heterocycles. The van der Waals surface area contributed by atoms with Gasteiger partial charge >= 0.3 is 0 Å². The molecule has 0 unspecified atom stereocenters. The van der Waals surface area contributed by atoms with Gasteiger partial charge in [-0.05, 0) is 19.1 Å². The van der Waals surface area contributed by atoms with Gasteiger partial charge in [0.05, 0.1) is 6.54 Å². The van der Waals surface area contributed by atoms with Gasteiger partial charge in [0.25, 0.3) is 5.91 Å². The summed E-state index contributed by atoms with van der Waals surface area (Å²) in [5, 5.41) is 2.67. The number of hydrogen-bond donors (Lipinski definition) is 2. The van der Waals surface area contributed by atoms with Crippen LogP contribution in [0.5, 0.6) is 5.75 Å². The van der Waals surface area contributed by atoms with Gasteiger partial charge in [-0.2, -0.15) is 0 Å². The van der Waals surface area contributed by atoms with Gasteiger partial charge in [-0.15, -0.1) is 0 Å². The smallest absolute Gasteiger partial charge is 0.273 e. The summed E-state index contributed by atoms with van der Waals surface area (Å²) in [7, 11) is 0. The van der Waals surface area contributed by atoms with Gasteiger partial charge < -0.3 is 15.8 Å². The number of carbonyl (C=O) groups is 1. The van der Waals surface area contributed by atoms with Crippen LogP contribution in [-0.2, 0) is 0 Å². The highest BCUT2D eigenvalue weighted by Crippen LogP contribution is 2.10. The van der Waals surface area contributed by atoms with Crippen LogP contribution < -0.4 is 15.8 Å². The first kappa shape index (κ1) is 13.8. The third kappa shape index (κ3) is 3.68. The van der Waals surface area contributed by atoms with Crippen molar-refractivity contribution in [2.24, 2.45) is 0 Å². The summed E-state index contributed by atoms with van der Waals surface area (Å²) in [5.41, 5.74) is 6.86. The zero-order chi connectivity index (χ0) is 14.4. The van der Waals surface area contributed by atoms with Crippen LogP contribution in [0.2, 0.25) is 0 Å². The molecule has 2 rings (SSSR count). The van der Waals surface area contributed by atoms with E-state index in [0.717, 1.165) is 5.75 Å². The Morgan fingerprint density at radius 2 is 1.95 bits per heavy atom. The van der Waals surface area contributed by atoms with E-state index < -0.39 is 0 Å². The van der Waals surface area contributed by atoms with Gasteiger partial charge in [-0.1, -0.05) is 17.7 Å². The SMILES string of the molecule is Cc1ccc(OCCNC(=O)c2nccnc2N)cc1. The molecule has 6 heteroatoms. The number of carbonyl (C=O) groups excluding carboxylic acids is 1. The van der Waals surface area contributed by atoms with Gasteiger partial charge in [0.15, 0.2) is 11.5 Å². The van der Waals surface area contributed by atoms with Crippen molar-refractivity contribution in [3.8, 4) is 5.75 Å². The lowest BCUT2D eigenvalue weighted by Crippen LogP contribution is -2.29. The van der Waals surface area contributed by atoms with Crippen LogP contribution in [0.25, 0.3) is 0 Å². The molecular formula is C14H16N4O2. The number of benzene rings is 1. The summed E-state index contributed by atoms with van der Waals surface area (Å²) in [4.78, 5) is 19.5. The second-order valence-electron chi connectivity index (χ2n) is 4.21. The third-order valence-electron chi connectivity index (χ3n) is 2.62. The van der Waals surface area contributed by atoms with Gasteiger partial charge in [-0.3, -0.25) is 4.79 Å².